The first-order chi connectivity index (χ1) is 15.6. The highest BCUT2D eigenvalue weighted by Crippen LogP contribution is 2.23. The van der Waals surface area contributed by atoms with Gasteiger partial charge in [-0.1, -0.05) is 26.0 Å². The van der Waals surface area contributed by atoms with Crippen molar-refractivity contribution in [3.05, 3.63) is 36.4 Å². The number of hydrogen-bond donors (Lipinski definition) is 1. The molecule has 0 unspecified atom stereocenters. The molecule has 3 rings (SSSR count). The highest BCUT2D eigenvalue weighted by molar-refractivity contribution is 5.78. The molecular formula is C24H36N6O2. The lowest BCUT2D eigenvalue weighted by Crippen LogP contribution is -2.42. The lowest BCUT2D eigenvalue weighted by Gasteiger charge is -2.23. The third-order valence-corrected chi connectivity index (χ3v) is 5.96. The summed E-state index contributed by atoms with van der Waals surface area (Å²) in [6.07, 6.45) is 0.921. The van der Waals surface area contributed by atoms with Crippen molar-refractivity contribution in [2.45, 2.75) is 20.3 Å². The van der Waals surface area contributed by atoms with E-state index in [1.807, 2.05) is 41.3 Å². The van der Waals surface area contributed by atoms with Crippen molar-refractivity contribution >= 4 is 11.7 Å². The number of rotatable bonds is 10. The maximum absolute atomic E-state index is 12.6. The van der Waals surface area contributed by atoms with Crippen LogP contribution in [-0.2, 0) is 4.79 Å². The number of amides is 1. The van der Waals surface area contributed by atoms with E-state index in [9.17, 15) is 4.79 Å². The van der Waals surface area contributed by atoms with Gasteiger partial charge in [0.15, 0.2) is 5.82 Å². The molecule has 8 nitrogen and oxygen atoms in total. The maximum atomic E-state index is 12.6. The fraction of sp³-hybridized carbons (Fsp3) is 0.542. The fourth-order valence-corrected chi connectivity index (χ4v) is 3.91. The van der Waals surface area contributed by atoms with E-state index in [1.54, 1.807) is 7.11 Å². The highest BCUT2D eigenvalue weighted by Gasteiger charge is 2.20. The molecule has 0 bridgehead atoms. The fourth-order valence-electron chi connectivity index (χ4n) is 3.91. The number of aromatic nitrogens is 2. The second-order valence-corrected chi connectivity index (χ2v) is 7.93. The number of anilines is 1. The Labute approximate surface area is 191 Å². The molecule has 0 spiro atoms. The molecule has 174 valence electrons. The molecule has 1 N–H and O–H groups in total. The molecule has 0 atom stereocenters. The van der Waals surface area contributed by atoms with Crippen molar-refractivity contribution in [2.24, 2.45) is 0 Å². The van der Waals surface area contributed by atoms with Gasteiger partial charge in [-0.3, -0.25) is 4.79 Å². The lowest BCUT2D eigenvalue weighted by molar-refractivity contribution is -0.130. The van der Waals surface area contributed by atoms with E-state index in [0.717, 1.165) is 75.1 Å². The first-order valence-electron chi connectivity index (χ1n) is 11.6. The normalized spacial score (nSPS) is 14.5. The van der Waals surface area contributed by atoms with Crippen LogP contribution in [0.4, 0.5) is 5.82 Å². The van der Waals surface area contributed by atoms with Crippen LogP contribution in [0.1, 0.15) is 20.3 Å². The predicted octanol–water partition coefficient (Wildman–Crippen LogP) is 2.12. The molecule has 1 amide bonds. The molecule has 1 saturated heterocycles. The number of benzene rings is 1. The van der Waals surface area contributed by atoms with Gasteiger partial charge in [-0.05, 0) is 43.8 Å². The van der Waals surface area contributed by atoms with E-state index in [0.29, 0.717) is 13.1 Å². The number of carbonyl (C=O) groups is 1. The molecule has 2 heterocycles. The average molecular weight is 441 g/mol. The Kier molecular flexibility index (Phi) is 9.25. The lowest BCUT2D eigenvalue weighted by atomic mass is 10.1. The Hall–Kier alpha value is -2.71. The minimum absolute atomic E-state index is 0.172. The summed E-state index contributed by atoms with van der Waals surface area (Å²) >= 11 is 0. The summed E-state index contributed by atoms with van der Waals surface area (Å²) in [5, 5.41) is 12.2. The van der Waals surface area contributed by atoms with E-state index < -0.39 is 0 Å². The van der Waals surface area contributed by atoms with Gasteiger partial charge >= 0.3 is 0 Å². The summed E-state index contributed by atoms with van der Waals surface area (Å²) in [7, 11) is 1.66. The Morgan fingerprint density at radius 3 is 2.66 bits per heavy atom. The number of likely N-dealkylation sites (N-methyl/N-ethyl adjacent to an activating group) is 1. The van der Waals surface area contributed by atoms with Crippen molar-refractivity contribution in [3.63, 3.8) is 0 Å². The van der Waals surface area contributed by atoms with Gasteiger partial charge in [0.2, 0.25) is 5.91 Å². The first kappa shape index (κ1) is 23.9. The number of methoxy groups -OCH3 is 1. The highest BCUT2D eigenvalue weighted by atomic mass is 16.5. The number of nitrogens with zero attached hydrogens (tertiary/aromatic N) is 5. The molecule has 1 aromatic heterocycles. The summed E-state index contributed by atoms with van der Waals surface area (Å²) in [6.45, 7) is 11.7. The van der Waals surface area contributed by atoms with Crippen molar-refractivity contribution in [1.29, 1.82) is 0 Å². The van der Waals surface area contributed by atoms with Crippen molar-refractivity contribution in [3.8, 4) is 17.0 Å². The number of hydrogen-bond acceptors (Lipinski definition) is 7. The minimum Gasteiger partial charge on any atom is -0.497 e. The van der Waals surface area contributed by atoms with Crippen molar-refractivity contribution < 1.29 is 9.53 Å². The first-order valence-corrected chi connectivity index (χ1v) is 11.6. The second kappa shape index (κ2) is 12.4. The van der Waals surface area contributed by atoms with Crippen LogP contribution in [0.2, 0.25) is 0 Å². The van der Waals surface area contributed by atoms with Gasteiger partial charge in [0, 0.05) is 44.8 Å². The van der Waals surface area contributed by atoms with Gasteiger partial charge in [-0.25, -0.2) is 0 Å². The van der Waals surface area contributed by atoms with E-state index >= 15 is 0 Å². The zero-order valence-electron chi connectivity index (χ0n) is 19.6. The van der Waals surface area contributed by atoms with Gasteiger partial charge in [0.05, 0.1) is 19.3 Å². The van der Waals surface area contributed by atoms with E-state index in [2.05, 4.69) is 39.2 Å². The third kappa shape index (κ3) is 6.64. The van der Waals surface area contributed by atoms with Gasteiger partial charge in [-0.2, -0.15) is 0 Å². The van der Waals surface area contributed by atoms with Crippen molar-refractivity contribution in [1.82, 2.24) is 25.3 Å². The van der Waals surface area contributed by atoms with Crippen LogP contribution in [0.5, 0.6) is 5.75 Å². The number of carbonyl (C=O) groups excluding carboxylic acids is 1. The van der Waals surface area contributed by atoms with Crippen LogP contribution in [0.15, 0.2) is 36.4 Å². The Bertz CT molecular complexity index is 841. The Morgan fingerprint density at radius 1 is 1.09 bits per heavy atom. The smallest absolute Gasteiger partial charge is 0.236 e. The summed E-state index contributed by atoms with van der Waals surface area (Å²) in [5.74, 6) is 1.82. The van der Waals surface area contributed by atoms with Crippen LogP contribution >= 0.6 is 0 Å². The molecule has 0 saturated carbocycles. The summed E-state index contributed by atoms with van der Waals surface area (Å²) < 4.78 is 5.29. The molecule has 2 aromatic rings. The number of nitrogens with one attached hydrogen (secondary N) is 1. The monoisotopic (exact) mass is 440 g/mol. The molecule has 0 aliphatic carbocycles. The van der Waals surface area contributed by atoms with Gasteiger partial charge in [0.25, 0.3) is 0 Å². The quantitative estimate of drug-likeness (QED) is 0.567. The molecule has 0 radical (unpaired) electrons. The molecule has 32 heavy (non-hydrogen) atoms. The minimum atomic E-state index is 0.172. The van der Waals surface area contributed by atoms with E-state index in [-0.39, 0.29) is 5.91 Å². The van der Waals surface area contributed by atoms with Crippen molar-refractivity contribution in [2.75, 3.05) is 70.9 Å². The standard InChI is InChI=1S/C24H36N6O2/c1-4-28(5-2)15-12-25-19-24(31)30-14-7-13-29(16-17-30)23-11-10-22(26-27-23)20-8-6-9-21(18-20)32-3/h6,8-11,18,25H,4-5,7,12-17,19H2,1-3H3. The third-order valence-electron chi connectivity index (χ3n) is 5.96. The van der Waals surface area contributed by atoms with Crippen LogP contribution in [0.25, 0.3) is 11.3 Å². The summed E-state index contributed by atoms with van der Waals surface area (Å²) in [6, 6.07) is 11.8. The molecule has 1 fully saturated rings. The molecule has 8 heteroatoms. The summed E-state index contributed by atoms with van der Waals surface area (Å²) in [5.41, 5.74) is 1.79. The Balaban J connectivity index is 1.49. The van der Waals surface area contributed by atoms with Gasteiger partial charge < -0.3 is 24.8 Å². The van der Waals surface area contributed by atoms with Crippen LogP contribution in [0.3, 0.4) is 0 Å². The molecule has 1 aromatic carbocycles. The zero-order valence-corrected chi connectivity index (χ0v) is 19.6. The Morgan fingerprint density at radius 2 is 1.94 bits per heavy atom. The summed E-state index contributed by atoms with van der Waals surface area (Å²) in [4.78, 5) is 19.1. The second-order valence-electron chi connectivity index (χ2n) is 7.93. The van der Waals surface area contributed by atoms with Crippen LogP contribution in [-0.4, -0.2) is 91.9 Å². The molecular weight excluding hydrogens is 404 g/mol. The largest absolute Gasteiger partial charge is 0.497 e. The average Bonchev–Trinajstić information content (AvgIpc) is 3.11. The predicted molar refractivity (Wildman–Crippen MR) is 128 cm³/mol. The van der Waals surface area contributed by atoms with Gasteiger partial charge in [0.1, 0.15) is 5.75 Å². The molecule has 1 aliphatic heterocycles. The van der Waals surface area contributed by atoms with Crippen LogP contribution < -0.4 is 15.0 Å². The van der Waals surface area contributed by atoms with E-state index in [1.165, 1.54) is 0 Å². The van der Waals surface area contributed by atoms with Crippen LogP contribution in [0, 0.1) is 0 Å². The van der Waals surface area contributed by atoms with E-state index in [4.69, 9.17) is 4.74 Å². The zero-order chi connectivity index (χ0) is 22.8. The number of ether oxygens (including phenoxy) is 1. The maximum Gasteiger partial charge on any atom is 0.236 e. The van der Waals surface area contributed by atoms with Gasteiger partial charge in [-0.15, -0.1) is 10.2 Å². The SMILES string of the molecule is CCN(CC)CCNCC(=O)N1CCCN(c2ccc(-c3cccc(OC)c3)nn2)CC1. The topological polar surface area (TPSA) is 73.8 Å². The molecule has 1 aliphatic rings.